The molecule has 1 aliphatic rings. The second-order valence-electron chi connectivity index (χ2n) is 7.28. The number of aromatic nitrogens is 3. The molecule has 1 atom stereocenters. The third kappa shape index (κ3) is 4.54. The van der Waals surface area contributed by atoms with Crippen molar-refractivity contribution >= 4 is 45.2 Å². The quantitative estimate of drug-likeness (QED) is 0.407. The molecule has 2 heterocycles. The molecule has 1 aliphatic heterocycles. The van der Waals surface area contributed by atoms with Crippen LogP contribution >= 0.6 is 27.7 Å². The number of nitrogens with one attached hydrogen (secondary N) is 2. The number of amides is 1. The summed E-state index contributed by atoms with van der Waals surface area (Å²) >= 11 is 5.16. The van der Waals surface area contributed by atoms with Gasteiger partial charge in [-0.1, -0.05) is 52.8 Å². The smallest absolute Gasteiger partial charge is 0.255 e. The highest BCUT2D eigenvalue weighted by molar-refractivity contribution is 9.10. The van der Waals surface area contributed by atoms with Crippen LogP contribution in [0.2, 0.25) is 0 Å². The maximum absolute atomic E-state index is 13.5. The topological polar surface area (TPSA) is 81.1 Å². The fraction of sp³-hybridized carbons (Fsp3) is 0.261. The van der Waals surface area contributed by atoms with E-state index in [0.717, 1.165) is 33.6 Å². The van der Waals surface area contributed by atoms with Crippen LogP contribution in [0.5, 0.6) is 5.75 Å². The average molecular weight is 514 g/mol. The van der Waals surface area contributed by atoms with Crippen LogP contribution in [-0.2, 0) is 4.79 Å². The molecule has 1 amide bonds. The van der Waals surface area contributed by atoms with Gasteiger partial charge in [-0.15, -0.1) is 5.10 Å². The van der Waals surface area contributed by atoms with Crippen molar-refractivity contribution in [1.29, 1.82) is 0 Å². The van der Waals surface area contributed by atoms with Gasteiger partial charge in [-0.3, -0.25) is 4.79 Å². The Morgan fingerprint density at radius 2 is 2.06 bits per heavy atom. The summed E-state index contributed by atoms with van der Waals surface area (Å²) in [6, 6.07) is 14.6. The Kier molecular flexibility index (Phi) is 6.86. The Balaban J connectivity index is 1.83. The molecule has 3 aromatic rings. The number of carbonyl (C=O) groups excluding carboxylic acids is 1. The van der Waals surface area contributed by atoms with E-state index in [4.69, 9.17) is 9.84 Å². The molecule has 7 nitrogen and oxygen atoms in total. The largest absolute Gasteiger partial charge is 0.496 e. The highest BCUT2D eigenvalue weighted by Gasteiger charge is 2.36. The SMILES string of the molecule is CCCSc1nc2n(n1)C(c1cc(Br)ccc1OC)C(C(=O)Nc1ccccc1)=C(C)N2. The zero-order valence-corrected chi connectivity index (χ0v) is 20.5. The number of fused-ring (bicyclic) bond motifs is 1. The normalized spacial score (nSPS) is 15.2. The molecule has 0 bridgehead atoms. The summed E-state index contributed by atoms with van der Waals surface area (Å²) in [5, 5.41) is 11.7. The van der Waals surface area contributed by atoms with Crippen molar-refractivity contribution in [2.24, 2.45) is 0 Å². The van der Waals surface area contributed by atoms with Crippen molar-refractivity contribution in [3.05, 3.63) is 69.8 Å². The Morgan fingerprint density at radius 3 is 2.78 bits per heavy atom. The first-order valence-corrected chi connectivity index (χ1v) is 12.1. The lowest BCUT2D eigenvalue weighted by Gasteiger charge is -2.29. The third-order valence-electron chi connectivity index (χ3n) is 5.03. The van der Waals surface area contributed by atoms with Gasteiger partial charge in [-0.25, -0.2) is 4.68 Å². The molecular formula is C23H24BrN5O2S. The summed E-state index contributed by atoms with van der Waals surface area (Å²) in [4.78, 5) is 18.2. The summed E-state index contributed by atoms with van der Waals surface area (Å²) < 4.78 is 8.32. The van der Waals surface area contributed by atoms with Gasteiger partial charge >= 0.3 is 0 Å². The Morgan fingerprint density at radius 1 is 1.28 bits per heavy atom. The summed E-state index contributed by atoms with van der Waals surface area (Å²) in [6.45, 7) is 4.00. The first-order chi connectivity index (χ1) is 15.5. The average Bonchev–Trinajstić information content (AvgIpc) is 3.19. The number of hydrogen-bond acceptors (Lipinski definition) is 6. The molecule has 1 aromatic heterocycles. The molecule has 2 N–H and O–H groups in total. The monoisotopic (exact) mass is 513 g/mol. The standard InChI is InChI=1S/C23H24BrN5O2S/c1-4-12-32-23-27-22-25-14(2)19(21(30)26-16-8-6-5-7-9-16)20(29(22)28-23)17-13-15(24)10-11-18(17)31-3/h5-11,13,20H,4,12H2,1-3H3,(H,26,30)(H,25,27,28). The summed E-state index contributed by atoms with van der Waals surface area (Å²) in [5.74, 6) is 1.98. The number of benzene rings is 2. The minimum absolute atomic E-state index is 0.211. The van der Waals surface area contributed by atoms with Crippen molar-refractivity contribution in [2.75, 3.05) is 23.5 Å². The van der Waals surface area contributed by atoms with Gasteiger partial charge in [0.05, 0.1) is 12.7 Å². The molecule has 0 saturated heterocycles. The van der Waals surface area contributed by atoms with E-state index in [1.165, 1.54) is 0 Å². The van der Waals surface area contributed by atoms with E-state index in [0.29, 0.717) is 22.4 Å². The number of methoxy groups -OCH3 is 1. The van der Waals surface area contributed by atoms with Crippen molar-refractivity contribution in [3.63, 3.8) is 0 Å². The number of hydrogen-bond donors (Lipinski definition) is 2. The molecule has 4 rings (SSSR count). The number of ether oxygens (including phenoxy) is 1. The molecule has 9 heteroatoms. The Labute approximate surface area is 199 Å². The Bertz CT molecular complexity index is 1160. The van der Waals surface area contributed by atoms with E-state index in [1.807, 2.05) is 55.5 Å². The zero-order valence-electron chi connectivity index (χ0n) is 18.1. The van der Waals surface area contributed by atoms with Crippen LogP contribution in [-0.4, -0.2) is 33.5 Å². The predicted octanol–water partition coefficient (Wildman–Crippen LogP) is 5.48. The minimum Gasteiger partial charge on any atom is -0.496 e. The van der Waals surface area contributed by atoms with Crippen LogP contribution in [0.1, 0.15) is 31.9 Å². The first kappa shape index (κ1) is 22.4. The van der Waals surface area contributed by atoms with Gasteiger partial charge < -0.3 is 15.4 Å². The molecule has 0 saturated carbocycles. The van der Waals surface area contributed by atoms with E-state index >= 15 is 0 Å². The number of anilines is 2. The number of nitrogens with zero attached hydrogens (tertiary/aromatic N) is 3. The van der Waals surface area contributed by atoms with Gasteiger partial charge in [0.15, 0.2) is 0 Å². The second kappa shape index (κ2) is 9.79. The number of para-hydroxylation sites is 1. The van der Waals surface area contributed by atoms with Crippen molar-refractivity contribution in [2.45, 2.75) is 31.5 Å². The highest BCUT2D eigenvalue weighted by atomic mass is 79.9. The maximum Gasteiger partial charge on any atom is 0.255 e. The number of rotatable bonds is 7. The van der Waals surface area contributed by atoms with Gasteiger partial charge in [0.1, 0.15) is 11.8 Å². The second-order valence-corrected chi connectivity index (χ2v) is 9.26. The predicted molar refractivity (Wildman–Crippen MR) is 131 cm³/mol. The lowest BCUT2D eigenvalue weighted by Crippen LogP contribution is -2.31. The highest BCUT2D eigenvalue weighted by Crippen LogP contribution is 2.41. The van der Waals surface area contributed by atoms with Crippen LogP contribution < -0.4 is 15.4 Å². The molecule has 0 fully saturated rings. The van der Waals surface area contributed by atoms with E-state index in [-0.39, 0.29) is 5.91 Å². The zero-order chi connectivity index (χ0) is 22.7. The molecule has 1 unspecified atom stereocenters. The van der Waals surface area contributed by atoms with Gasteiger partial charge in [-0.2, -0.15) is 4.98 Å². The van der Waals surface area contributed by atoms with E-state index in [2.05, 4.69) is 38.5 Å². The van der Waals surface area contributed by atoms with Crippen LogP contribution in [0.15, 0.2) is 69.4 Å². The lowest BCUT2D eigenvalue weighted by molar-refractivity contribution is -0.113. The van der Waals surface area contributed by atoms with E-state index < -0.39 is 6.04 Å². The van der Waals surface area contributed by atoms with Crippen molar-refractivity contribution in [1.82, 2.24) is 14.8 Å². The van der Waals surface area contributed by atoms with Crippen LogP contribution in [0, 0.1) is 0 Å². The summed E-state index contributed by atoms with van der Waals surface area (Å²) in [5.41, 5.74) is 2.81. The van der Waals surface area contributed by atoms with Gasteiger partial charge in [0.2, 0.25) is 11.1 Å². The number of thioether (sulfide) groups is 1. The third-order valence-corrected chi connectivity index (χ3v) is 6.57. The fourth-order valence-electron chi connectivity index (χ4n) is 3.61. The van der Waals surface area contributed by atoms with Gasteiger partial charge in [0, 0.05) is 27.2 Å². The minimum atomic E-state index is -0.508. The molecule has 166 valence electrons. The maximum atomic E-state index is 13.5. The first-order valence-electron chi connectivity index (χ1n) is 10.3. The number of carbonyl (C=O) groups is 1. The molecule has 2 aromatic carbocycles. The van der Waals surface area contributed by atoms with Gasteiger partial charge in [0.25, 0.3) is 5.91 Å². The van der Waals surface area contributed by atoms with Crippen LogP contribution in [0.4, 0.5) is 11.6 Å². The van der Waals surface area contributed by atoms with Gasteiger partial charge in [-0.05, 0) is 43.7 Å². The fourth-order valence-corrected chi connectivity index (χ4v) is 4.67. The lowest BCUT2D eigenvalue weighted by atomic mass is 9.94. The molecule has 0 radical (unpaired) electrons. The number of allylic oxidation sites excluding steroid dienone is 1. The molecular weight excluding hydrogens is 490 g/mol. The molecule has 0 aliphatic carbocycles. The summed E-state index contributed by atoms with van der Waals surface area (Å²) in [6.07, 6.45) is 1.02. The van der Waals surface area contributed by atoms with Crippen LogP contribution in [0.25, 0.3) is 0 Å². The van der Waals surface area contributed by atoms with E-state index in [9.17, 15) is 4.79 Å². The summed E-state index contributed by atoms with van der Waals surface area (Å²) in [7, 11) is 1.62. The molecule has 0 spiro atoms. The molecule has 32 heavy (non-hydrogen) atoms. The number of halogens is 1. The van der Waals surface area contributed by atoms with Crippen molar-refractivity contribution in [3.8, 4) is 5.75 Å². The van der Waals surface area contributed by atoms with E-state index in [1.54, 1.807) is 23.6 Å². The Hall–Kier alpha value is -2.78. The van der Waals surface area contributed by atoms with Crippen molar-refractivity contribution < 1.29 is 9.53 Å². The van der Waals surface area contributed by atoms with Crippen LogP contribution in [0.3, 0.4) is 0 Å².